The van der Waals surface area contributed by atoms with E-state index in [9.17, 15) is 14.4 Å². The zero-order valence-corrected chi connectivity index (χ0v) is 12.0. The van der Waals surface area contributed by atoms with Gasteiger partial charge < -0.3 is 5.73 Å². The number of carbonyl (C=O) groups is 3. The van der Waals surface area contributed by atoms with E-state index in [1.54, 1.807) is 6.07 Å². The molecule has 1 aromatic rings. The summed E-state index contributed by atoms with van der Waals surface area (Å²) < 4.78 is 0. The Bertz CT molecular complexity index is 600. The molecule has 4 nitrogen and oxygen atoms in total. The van der Waals surface area contributed by atoms with Crippen LogP contribution in [0.2, 0.25) is 5.02 Å². The molecule has 1 aliphatic rings. The van der Waals surface area contributed by atoms with Crippen LogP contribution in [0.4, 0.5) is 0 Å². The van der Waals surface area contributed by atoms with Crippen LogP contribution < -0.4 is 5.73 Å². The fourth-order valence-corrected chi connectivity index (χ4v) is 3.66. The Hall–Kier alpha value is -1.17. The summed E-state index contributed by atoms with van der Waals surface area (Å²) in [5, 5.41) is -0.298. The van der Waals surface area contributed by atoms with Crippen molar-refractivity contribution >= 4 is 40.7 Å². The summed E-state index contributed by atoms with van der Waals surface area (Å²) in [6, 6.07) is 3.08. The Morgan fingerprint density at radius 3 is 2.47 bits per heavy atom. The molecule has 0 radical (unpaired) electrons. The van der Waals surface area contributed by atoms with Crippen LogP contribution in [0.25, 0.3) is 0 Å². The molecule has 2 atom stereocenters. The van der Waals surface area contributed by atoms with Gasteiger partial charge in [0.2, 0.25) is 0 Å². The van der Waals surface area contributed by atoms with Crippen LogP contribution in [0, 0.1) is 5.92 Å². The quantitative estimate of drug-likeness (QED) is 0.669. The zero-order valence-electron chi connectivity index (χ0n) is 10.4. The molecule has 0 aliphatic carbocycles. The number of fused-ring (bicyclic) bond motifs is 1. The highest BCUT2D eigenvalue weighted by Crippen LogP contribution is 2.42. The highest BCUT2D eigenvalue weighted by atomic mass is 35.5. The lowest BCUT2D eigenvalue weighted by Crippen LogP contribution is -2.41. The summed E-state index contributed by atoms with van der Waals surface area (Å²) >= 11 is 7.21. The summed E-state index contributed by atoms with van der Waals surface area (Å²) in [7, 11) is 0. The summed E-state index contributed by atoms with van der Waals surface area (Å²) in [5.41, 5.74) is 6.37. The third kappa shape index (κ3) is 2.33. The van der Waals surface area contributed by atoms with Crippen molar-refractivity contribution in [3.8, 4) is 0 Å². The molecule has 0 bridgehead atoms. The normalized spacial score (nSPS) is 22.0. The minimum atomic E-state index is -0.922. The van der Waals surface area contributed by atoms with E-state index in [4.69, 9.17) is 17.3 Å². The number of hydrogen-bond acceptors (Lipinski definition) is 5. The van der Waals surface area contributed by atoms with Crippen LogP contribution in [-0.4, -0.2) is 22.7 Å². The van der Waals surface area contributed by atoms with E-state index in [1.165, 1.54) is 19.9 Å². The number of hydrogen-bond donors (Lipinski definition) is 1. The monoisotopic (exact) mass is 297 g/mol. The number of halogens is 1. The molecule has 19 heavy (non-hydrogen) atoms. The van der Waals surface area contributed by atoms with Gasteiger partial charge in [0.15, 0.2) is 11.6 Å². The molecule has 0 saturated heterocycles. The number of carbonyl (C=O) groups excluding carboxylic acids is 3. The summed E-state index contributed by atoms with van der Waals surface area (Å²) in [4.78, 5) is 36.1. The molecule has 0 aromatic heterocycles. The molecule has 2 N–H and O–H groups in total. The second-order valence-corrected chi connectivity index (χ2v) is 5.99. The molecular weight excluding hydrogens is 286 g/mol. The predicted molar refractivity (Wildman–Crippen MR) is 73.8 cm³/mol. The molecule has 0 spiro atoms. The standard InChI is InChI=1S/C13H12ClNO3S/c1-5(16)7-3-4-8(14)12-10(7)11(18)9(6(2)17)13(15)19-12/h3-4,9,13H,15H2,1-2H3. The van der Waals surface area contributed by atoms with Crippen molar-refractivity contribution in [1.29, 1.82) is 0 Å². The van der Waals surface area contributed by atoms with Gasteiger partial charge in [-0.1, -0.05) is 11.6 Å². The lowest BCUT2D eigenvalue weighted by atomic mass is 9.89. The van der Waals surface area contributed by atoms with E-state index in [2.05, 4.69) is 0 Å². The van der Waals surface area contributed by atoms with Gasteiger partial charge in [-0.05, 0) is 26.0 Å². The lowest BCUT2D eigenvalue weighted by molar-refractivity contribution is -0.119. The Morgan fingerprint density at radius 1 is 1.32 bits per heavy atom. The molecule has 1 heterocycles. The van der Waals surface area contributed by atoms with Crippen LogP contribution in [0.1, 0.15) is 34.6 Å². The van der Waals surface area contributed by atoms with Gasteiger partial charge in [0.05, 0.1) is 10.4 Å². The number of benzene rings is 1. The van der Waals surface area contributed by atoms with E-state index >= 15 is 0 Å². The van der Waals surface area contributed by atoms with E-state index in [1.807, 2.05) is 0 Å². The molecular formula is C13H12ClNO3S. The van der Waals surface area contributed by atoms with Crippen molar-refractivity contribution in [3.63, 3.8) is 0 Å². The summed E-state index contributed by atoms with van der Waals surface area (Å²) in [6.07, 6.45) is 0. The van der Waals surface area contributed by atoms with Crippen molar-refractivity contribution in [2.45, 2.75) is 24.1 Å². The fraction of sp³-hybridized carbons (Fsp3) is 0.308. The molecule has 2 unspecified atom stereocenters. The van der Waals surface area contributed by atoms with E-state index in [0.717, 1.165) is 11.8 Å². The van der Waals surface area contributed by atoms with Gasteiger partial charge in [-0.2, -0.15) is 0 Å². The highest BCUT2D eigenvalue weighted by molar-refractivity contribution is 8.00. The first-order chi connectivity index (χ1) is 8.84. The zero-order chi connectivity index (χ0) is 14.3. The molecule has 0 saturated carbocycles. The maximum absolute atomic E-state index is 12.4. The molecule has 100 valence electrons. The smallest absolute Gasteiger partial charge is 0.177 e. The fourth-order valence-electron chi connectivity index (χ4n) is 2.14. The minimum absolute atomic E-state index is 0.229. The number of nitrogens with two attached hydrogens (primary N) is 1. The average Bonchev–Trinajstić information content (AvgIpc) is 2.29. The summed E-state index contributed by atoms with van der Waals surface area (Å²) in [6.45, 7) is 2.70. The minimum Gasteiger partial charge on any atom is -0.318 e. The van der Waals surface area contributed by atoms with Crippen LogP contribution in [0.15, 0.2) is 17.0 Å². The lowest BCUT2D eigenvalue weighted by Gasteiger charge is -2.28. The van der Waals surface area contributed by atoms with Gasteiger partial charge in [0.25, 0.3) is 0 Å². The molecule has 1 aromatic carbocycles. The van der Waals surface area contributed by atoms with Crippen LogP contribution in [-0.2, 0) is 4.79 Å². The van der Waals surface area contributed by atoms with Gasteiger partial charge >= 0.3 is 0 Å². The Labute approximate surface area is 119 Å². The first kappa shape index (κ1) is 14.2. The van der Waals surface area contributed by atoms with Crippen molar-refractivity contribution in [2.75, 3.05) is 0 Å². The van der Waals surface area contributed by atoms with Gasteiger partial charge in [0.1, 0.15) is 11.7 Å². The van der Waals surface area contributed by atoms with E-state index in [-0.39, 0.29) is 22.7 Å². The third-order valence-electron chi connectivity index (χ3n) is 3.04. The summed E-state index contributed by atoms with van der Waals surface area (Å²) in [5.74, 6) is -1.87. The van der Waals surface area contributed by atoms with Crippen molar-refractivity contribution in [2.24, 2.45) is 11.7 Å². The van der Waals surface area contributed by atoms with Gasteiger partial charge in [0, 0.05) is 16.0 Å². The Morgan fingerprint density at radius 2 is 1.95 bits per heavy atom. The van der Waals surface area contributed by atoms with E-state index < -0.39 is 17.1 Å². The van der Waals surface area contributed by atoms with Crippen LogP contribution in [0.3, 0.4) is 0 Å². The van der Waals surface area contributed by atoms with Crippen LogP contribution in [0.5, 0.6) is 0 Å². The second-order valence-electron chi connectivity index (χ2n) is 4.39. The molecule has 6 heteroatoms. The number of rotatable bonds is 2. The molecule has 1 aliphatic heterocycles. The van der Waals surface area contributed by atoms with Crippen molar-refractivity contribution in [1.82, 2.24) is 0 Å². The Balaban J connectivity index is 2.69. The molecule has 2 rings (SSSR count). The van der Waals surface area contributed by atoms with Gasteiger partial charge in [-0.25, -0.2) is 0 Å². The van der Waals surface area contributed by atoms with Gasteiger partial charge in [-0.3, -0.25) is 14.4 Å². The maximum Gasteiger partial charge on any atom is 0.177 e. The Kier molecular flexibility index (Phi) is 3.80. The number of ketones is 3. The van der Waals surface area contributed by atoms with E-state index in [0.29, 0.717) is 9.92 Å². The number of thioether (sulfide) groups is 1. The largest absolute Gasteiger partial charge is 0.318 e. The SMILES string of the molecule is CC(=O)c1ccc(Cl)c2c1C(=O)C(C(C)=O)C(N)S2. The highest BCUT2D eigenvalue weighted by Gasteiger charge is 2.40. The topological polar surface area (TPSA) is 77.2 Å². The van der Waals surface area contributed by atoms with Crippen molar-refractivity contribution < 1.29 is 14.4 Å². The molecule has 0 fully saturated rings. The number of Topliss-reactive ketones (excluding diaryl/α,β-unsaturated/α-hetero) is 3. The first-order valence-electron chi connectivity index (χ1n) is 5.65. The average molecular weight is 298 g/mol. The second kappa shape index (κ2) is 5.07. The van der Waals surface area contributed by atoms with Gasteiger partial charge in [-0.15, -0.1) is 11.8 Å². The maximum atomic E-state index is 12.4. The van der Waals surface area contributed by atoms with Crippen molar-refractivity contribution in [3.05, 3.63) is 28.3 Å². The predicted octanol–water partition coefficient (Wildman–Crippen LogP) is 2.32. The third-order valence-corrected chi connectivity index (χ3v) is 4.67. The first-order valence-corrected chi connectivity index (χ1v) is 6.90. The molecule has 0 amide bonds. The van der Waals surface area contributed by atoms with Crippen LogP contribution >= 0.6 is 23.4 Å².